The number of amides is 1. The van der Waals surface area contributed by atoms with Crippen LogP contribution in [0.4, 0.5) is 11.5 Å². The van der Waals surface area contributed by atoms with Crippen molar-refractivity contribution in [3.05, 3.63) is 48.0 Å². The molecule has 2 aliphatic rings. The van der Waals surface area contributed by atoms with Gasteiger partial charge in [-0.2, -0.15) is 5.10 Å². The Morgan fingerprint density at radius 3 is 2.70 bits per heavy atom. The lowest BCUT2D eigenvalue weighted by atomic mass is 10.1. The molecule has 0 aliphatic carbocycles. The Bertz CT molecular complexity index is 1180. The molecule has 2 aromatic carbocycles. The number of aromatic hydroxyl groups is 2. The zero-order valence-corrected chi connectivity index (χ0v) is 18.4. The van der Waals surface area contributed by atoms with Crippen LogP contribution in [0.2, 0.25) is 0 Å². The van der Waals surface area contributed by atoms with Gasteiger partial charge in [0.2, 0.25) is 0 Å². The van der Waals surface area contributed by atoms with E-state index in [0.29, 0.717) is 30.5 Å². The van der Waals surface area contributed by atoms with Gasteiger partial charge >= 0.3 is 0 Å². The Kier molecular flexibility index (Phi) is 5.31. The van der Waals surface area contributed by atoms with Crippen LogP contribution >= 0.6 is 0 Å². The Labute approximate surface area is 190 Å². The summed E-state index contributed by atoms with van der Waals surface area (Å²) in [6, 6.07) is 12.2. The number of aromatic nitrogens is 2. The molecule has 10 nitrogen and oxygen atoms in total. The number of phenolic OH excluding ortho intramolecular Hbond substituents is 2. The largest absolute Gasteiger partial charge is 0.508 e. The number of likely N-dealkylation sites (tertiary alicyclic amines) is 1. The molecule has 0 saturated carbocycles. The molecule has 1 aromatic heterocycles. The van der Waals surface area contributed by atoms with E-state index in [9.17, 15) is 15.0 Å². The SMILES string of the molecule is COc1ccc(-c2cc(Nc3cc(O)cc(O)c3C(=O)N3CC4CNNC4C3)n(C)n2)cc1. The highest BCUT2D eigenvalue weighted by Crippen LogP contribution is 2.36. The van der Waals surface area contributed by atoms with Crippen LogP contribution in [0.25, 0.3) is 11.3 Å². The molecule has 10 heteroatoms. The second kappa shape index (κ2) is 8.30. The van der Waals surface area contributed by atoms with E-state index in [4.69, 9.17) is 4.74 Å². The minimum Gasteiger partial charge on any atom is -0.508 e. The van der Waals surface area contributed by atoms with Crippen molar-refractivity contribution < 1.29 is 19.7 Å². The number of hydrogen-bond acceptors (Lipinski definition) is 8. The smallest absolute Gasteiger partial charge is 0.259 e. The molecule has 3 heterocycles. The number of aryl methyl sites for hydroxylation is 1. The first kappa shape index (κ1) is 21.1. The highest BCUT2D eigenvalue weighted by atomic mass is 16.5. The molecule has 2 aliphatic heterocycles. The molecule has 0 radical (unpaired) electrons. The van der Waals surface area contributed by atoms with Crippen molar-refractivity contribution >= 4 is 17.4 Å². The van der Waals surface area contributed by atoms with Crippen molar-refractivity contribution in [2.24, 2.45) is 13.0 Å². The zero-order chi connectivity index (χ0) is 23.1. The Morgan fingerprint density at radius 1 is 1.18 bits per heavy atom. The van der Waals surface area contributed by atoms with Gasteiger partial charge in [0.15, 0.2) is 0 Å². The predicted molar refractivity (Wildman–Crippen MR) is 123 cm³/mol. The van der Waals surface area contributed by atoms with E-state index < -0.39 is 0 Å². The third-order valence-corrected chi connectivity index (χ3v) is 6.22. The normalized spacial score (nSPS) is 19.5. The average molecular weight is 450 g/mol. The van der Waals surface area contributed by atoms with E-state index in [-0.39, 0.29) is 29.0 Å². The lowest BCUT2D eigenvalue weighted by molar-refractivity contribution is 0.0780. The number of benzene rings is 2. The molecule has 33 heavy (non-hydrogen) atoms. The van der Waals surface area contributed by atoms with Crippen molar-refractivity contribution in [2.45, 2.75) is 6.04 Å². The van der Waals surface area contributed by atoms with Gasteiger partial charge in [0.25, 0.3) is 5.91 Å². The molecule has 0 spiro atoms. The van der Waals surface area contributed by atoms with Gasteiger partial charge in [-0.3, -0.25) is 20.3 Å². The highest BCUT2D eigenvalue weighted by molar-refractivity contribution is 6.03. The van der Waals surface area contributed by atoms with Gasteiger partial charge in [0.1, 0.15) is 28.6 Å². The van der Waals surface area contributed by atoms with Crippen LogP contribution in [0, 0.1) is 5.92 Å². The Balaban J connectivity index is 1.44. The standard InChI is InChI=1S/C23H26N6O4/c1-28-21(9-17(27-28)13-3-5-16(33-2)6-4-13)25-18-7-15(30)8-20(31)22(18)23(32)29-11-14-10-24-26-19(14)12-29/h3-9,14,19,24-26,30-31H,10-12H2,1-2H3. The van der Waals surface area contributed by atoms with Gasteiger partial charge in [-0.1, -0.05) is 0 Å². The fourth-order valence-corrected chi connectivity index (χ4v) is 4.45. The summed E-state index contributed by atoms with van der Waals surface area (Å²) in [5.74, 6) is 0.974. The first-order valence-corrected chi connectivity index (χ1v) is 10.7. The number of hydrazine groups is 1. The molecule has 172 valence electrons. The summed E-state index contributed by atoms with van der Waals surface area (Å²) < 4.78 is 6.85. The number of nitrogens with one attached hydrogen (secondary N) is 3. The summed E-state index contributed by atoms with van der Waals surface area (Å²) in [5.41, 5.74) is 8.36. The number of carbonyl (C=O) groups excluding carboxylic acids is 1. The van der Waals surface area contributed by atoms with Gasteiger partial charge in [0.05, 0.1) is 18.5 Å². The highest BCUT2D eigenvalue weighted by Gasteiger charge is 2.39. The number of anilines is 2. The van der Waals surface area contributed by atoms with Crippen LogP contribution in [-0.2, 0) is 7.05 Å². The van der Waals surface area contributed by atoms with Crippen LogP contribution in [-0.4, -0.2) is 63.6 Å². The summed E-state index contributed by atoms with van der Waals surface area (Å²) in [4.78, 5) is 15.1. The van der Waals surface area contributed by atoms with Crippen LogP contribution < -0.4 is 20.9 Å². The fourth-order valence-electron chi connectivity index (χ4n) is 4.45. The molecule has 2 saturated heterocycles. The maximum absolute atomic E-state index is 13.4. The number of phenols is 2. The molecule has 5 N–H and O–H groups in total. The predicted octanol–water partition coefficient (Wildman–Crippen LogP) is 1.80. The van der Waals surface area contributed by atoms with Crippen molar-refractivity contribution in [3.63, 3.8) is 0 Å². The second-order valence-electron chi connectivity index (χ2n) is 8.38. The third-order valence-electron chi connectivity index (χ3n) is 6.22. The topological polar surface area (TPSA) is 124 Å². The molecule has 3 aromatic rings. The van der Waals surface area contributed by atoms with Crippen molar-refractivity contribution in [2.75, 3.05) is 32.1 Å². The quantitative estimate of drug-likeness (QED) is 0.399. The van der Waals surface area contributed by atoms with E-state index in [1.807, 2.05) is 30.3 Å². The number of carbonyl (C=O) groups is 1. The Morgan fingerprint density at radius 2 is 1.97 bits per heavy atom. The average Bonchev–Trinajstić information content (AvgIpc) is 3.49. The van der Waals surface area contributed by atoms with Crippen LogP contribution in [0.3, 0.4) is 0 Å². The third kappa shape index (κ3) is 3.94. The number of rotatable bonds is 5. The number of hydrogen-bond donors (Lipinski definition) is 5. The Hall–Kier alpha value is -3.76. The lowest BCUT2D eigenvalue weighted by Crippen LogP contribution is -2.38. The maximum Gasteiger partial charge on any atom is 0.259 e. The molecule has 2 unspecified atom stereocenters. The monoisotopic (exact) mass is 450 g/mol. The number of nitrogens with zero attached hydrogens (tertiary/aromatic N) is 3. The van der Waals surface area contributed by atoms with Gasteiger partial charge in [-0.25, -0.2) is 0 Å². The number of fused-ring (bicyclic) bond motifs is 1. The molecule has 5 rings (SSSR count). The minimum atomic E-state index is -0.288. The summed E-state index contributed by atoms with van der Waals surface area (Å²) in [5, 5.41) is 28.4. The van der Waals surface area contributed by atoms with E-state index in [1.165, 1.54) is 12.1 Å². The summed E-state index contributed by atoms with van der Waals surface area (Å²) >= 11 is 0. The molecular formula is C23H26N6O4. The first-order valence-electron chi connectivity index (χ1n) is 10.7. The van der Waals surface area contributed by atoms with Gasteiger partial charge in [-0.05, 0) is 24.3 Å². The fraction of sp³-hybridized carbons (Fsp3) is 0.304. The lowest BCUT2D eigenvalue weighted by Gasteiger charge is -2.21. The number of methoxy groups -OCH3 is 1. The zero-order valence-electron chi connectivity index (χ0n) is 18.4. The minimum absolute atomic E-state index is 0.118. The van der Waals surface area contributed by atoms with Crippen LogP contribution in [0.15, 0.2) is 42.5 Å². The van der Waals surface area contributed by atoms with Gasteiger partial charge in [0, 0.05) is 62.4 Å². The van der Waals surface area contributed by atoms with Crippen molar-refractivity contribution in [1.82, 2.24) is 25.5 Å². The second-order valence-corrected chi connectivity index (χ2v) is 8.38. The molecular weight excluding hydrogens is 424 g/mol. The van der Waals surface area contributed by atoms with E-state index in [1.54, 1.807) is 23.7 Å². The molecule has 2 fully saturated rings. The van der Waals surface area contributed by atoms with E-state index in [0.717, 1.165) is 23.6 Å². The van der Waals surface area contributed by atoms with Gasteiger partial charge < -0.3 is 25.2 Å². The maximum atomic E-state index is 13.4. The van der Waals surface area contributed by atoms with Crippen LogP contribution in [0.5, 0.6) is 17.2 Å². The summed E-state index contributed by atoms with van der Waals surface area (Å²) in [7, 11) is 3.39. The van der Waals surface area contributed by atoms with Crippen LogP contribution in [0.1, 0.15) is 10.4 Å². The summed E-state index contributed by atoms with van der Waals surface area (Å²) in [6.45, 7) is 1.93. The van der Waals surface area contributed by atoms with E-state index >= 15 is 0 Å². The van der Waals surface area contributed by atoms with Crippen molar-refractivity contribution in [1.29, 1.82) is 0 Å². The van der Waals surface area contributed by atoms with Crippen molar-refractivity contribution in [3.8, 4) is 28.5 Å². The molecule has 0 bridgehead atoms. The number of ether oxygens (including phenoxy) is 1. The molecule has 2 atom stereocenters. The van der Waals surface area contributed by atoms with E-state index in [2.05, 4.69) is 21.3 Å². The van der Waals surface area contributed by atoms with Gasteiger partial charge in [-0.15, -0.1) is 0 Å². The first-order chi connectivity index (χ1) is 15.9. The summed E-state index contributed by atoms with van der Waals surface area (Å²) in [6.07, 6.45) is 0. The molecule has 1 amide bonds.